The summed E-state index contributed by atoms with van der Waals surface area (Å²) >= 11 is 0. The summed E-state index contributed by atoms with van der Waals surface area (Å²) in [5.74, 6) is 0. The Labute approximate surface area is 536 Å². The van der Waals surface area contributed by atoms with Crippen LogP contribution in [-0.4, -0.2) is 129 Å². The lowest BCUT2D eigenvalue weighted by Gasteiger charge is -2.26. The fraction of sp³-hybridized carbons (Fsp3) is 0.439. The molecule has 0 saturated carbocycles. The summed E-state index contributed by atoms with van der Waals surface area (Å²) in [6.45, 7) is 4.98. The van der Waals surface area contributed by atoms with E-state index in [-0.39, 0.29) is 0 Å². The standard InChI is InChI=1S/C82H116N6/c1-85(2,3)65-25-17-13-21-29-69-41-53-77(54-42-69)83(78-55-43-70(44-56-78)30-22-14-18-26-66-86(4,5)6)81-61-49-75(50-62-81)39-37-73-33-35-74(36-34-73)38-40-76-51-63-82(64-52-76)84(79-57-45-71(46-58-79)31-23-15-19-27-67-87(7,8)9)80-59-47-72(48-60-80)32-24-16-20-28-68-88(10,11)12/h33-64H,13-32,65-68H2,1-12H3/q+4/b39-37+,40-38+. The number of nitrogens with zero attached hydrogens (tertiary/aromatic N) is 6. The normalized spacial score (nSPS) is 12.4. The minimum Gasteiger partial charge on any atom is -0.331 e. The van der Waals surface area contributed by atoms with Crippen LogP contribution in [0.2, 0.25) is 0 Å². The lowest BCUT2D eigenvalue weighted by molar-refractivity contribution is -0.870. The second kappa shape index (κ2) is 34.4. The molecule has 0 heterocycles. The van der Waals surface area contributed by atoms with Crippen LogP contribution < -0.4 is 9.80 Å². The SMILES string of the molecule is C[N+](C)(C)CCCCCCc1ccc(N(c2ccc(/C=C/c3ccc(/C=C/c4ccc(N(c5ccc(CCCCCC[N+](C)(C)C)cc5)c5ccc(CCCCCC[N+](C)(C)C)cc5)cc4)cc3)cc2)c2ccc(CCCCCC[N+](C)(C)C)cc2)cc1. The first kappa shape index (κ1) is 68.9. The average molecular weight is 1190 g/mol. The molecule has 0 aliphatic heterocycles. The molecule has 0 aliphatic carbocycles. The number of benzene rings is 7. The van der Waals surface area contributed by atoms with Crippen molar-refractivity contribution >= 4 is 58.4 Å². The molecule has 0 fully saturated rings. The van der Waals surface area contributed by atoms with Crippen molar-refractivity contribution < 1.29 is 17.9 Å². The molecule has 0 aliphatic rings. The smallest absolute Gasteiger partial charge is 0.0780 e. The summed E-state index contributed by atoms with van der Waals surface area (Å²) in [6.07, 6.45) is 34.0. The van der Waals surface area contributed by atoms with Crippen LogP contribution in [0.5, 0.6) is 0 Å². The van der Waals surface area contributed by atoms with Crippen molar-refractivity contribution in [1.82, 2.24) is 0 Å². The zero-order chi connectivity index (χ0) is 62.8. The molecule has 0 saturated heterocycles. The number of quaternary nitrogens is 4. The molecule has 0 N–H and O–H groups in total. The van der Waals surface area contributed by atoms with E-state index in [9.17, 15) is 0 Å². The topological polar surface area (TPSA) is 6.48 Å². The Bertz CT molecular complexity index is 2750. The summed E-state index contributed by atoms with van der Waals surface area (Å²) in [5.41, 5.74) is 17.5. The van der Waals surface area contributed by atoms with E-state index >= 15 is 0 Å². The van der Waals surface area contributed by atoms with E-state index in [0.717, 1.165) is 55.0 Å². The van der Waals surface area contributed by atoms with E-state index in [2.05, 4.69) is 289 Å². The number of aryl methyl sites for hydroxylation is 4. The first-order chi connectivity index (χ1) is 42.1. The number of hydrogen-bond acceptors (Lipinski definition) is 2. The number of hydrogen-bond donors (Lipinski definition) is 0. The lowest BCUT2D eigenvalue weighted by Crippen LogP contribution is -2.35. The van der Waals surface area contributed by atoms with Crippen molar-refractivity contribution in [1.29, 1.82) is 0 Å². The van der Waals surface area contributed by atoms with Gasteiger partial charge in [0.05, 0.1) is 111 Å². The molecule has 0 radical (unpaired) electrons. The van der Waals surface area contributed by atoms with E-state index in [1.807, 2.05) is 0 Å². The fourth-order valence-electron chi connectivity index (χ4n) is 11.8. The minimum atomic E-state index is 1.05. The monoisotopic (exact) mass is 1180 g/mol. The highest BCUT2D eigenvalue weighted by Crippen LogP contribution is 2.37. The molecule has 6 nitrogen and oxygen atoms in total. The quantitative estimate of drug-likeness (QED) is 0.0216. The maximum absolute atomic E-state index is 2.42. The van der Waals surface area contributed by atoms with Gasteiger partial charge in [-0.25, -0.2) is 0 Å². The molecule has 7 aromatic carbocycles. The van der Waals surface area contributed by atoms with Crippen LogP contribution in [0.15, 0.2) is 170 Å². The van der Waals surface area contributed by atoms with Gasteiger partial charge in [-0.1, -0.05) is 147 Å². The van der Waals surface area contributed by atoms with Gasteiger partial charge in [0.1, 0.15) is 0 Å². The Balaban J connectivity index is 0.979. The van der Waals surface area contributed by atoms with Gasteiger partial charge in [0.2, 0.25) is 0 Å². The van der Waals surface area contributed by atoms with Crippen molar-refractivity contribution in [2.45, 2.75) is 128 Å². The third-order valence-corrected chi connectivity index (χ3v) is 17.1. The van der Waals surface area contributed by atoms with Gasteiger partial charge in [-0.15, -0.1) is 0 Å². The van der Waals surface area contributed by atoms with Gasteiger partial charge in [-0.05, 0) is 220 Å². The summed E-state index contributed by atoms with van der Waals surface area (Å²) < 4.78 is 4.20. The molecule has 0 unspecified atom stereocenters. The first-order valence-electron chi connectivity index (χ1n) is 34.0. The fourth-order valence-corrected chi connectivity index (χ4v) is 11.8. The van der Waals surface area contributed by atoms with Crippen molar-refractivity contribution in [2.75, 3.05) is 121 Å². The maximum Gasteiger partial charge on any atom is 0.0780 e. The van der Waals surface area contributed by atoms with Gasteiger partial charge in [-0.2, -0.15) is 0 Å². The van der Waals surface area contributed by atoms with Gasteiger partial charge >= 0.3 is 0 Å². The van der Waals surface area contributed by atoms with Crippen LogP contribution in [-0.2, 0) is 25.7 Å². The molecular formula is C82H116N6+4. The van der Waals surface area contributed by atoms with E-state index in [1.165, 1.54) is 196 Å². The zero-order valence-corrected chi connectivity index (χ0v) is 57.1. The molecule has 0 bridgehead atoms. The minimum absolute atomic E-state index is 1.05. The zero-order valence-electron chi connectivity index (χ0n) is 57.1. The highest BCUT2D eigenvalue weighted by molar-refractivity contribution is 5.80. The molecule has 470 valence electrons. The Hall–Kier alpha value is -6.54. The molecular weight excluding hydrogens is 1070 g/mol. The molecule has 0 spiro atoms. The molecule has 0 amide bonds. The average Bonchev–Trinajstić information content (AvgIpc) is 2.94. The van der Waals surface area contributed by atoms with Gasteiger partial charge in [-0.3, -0.25) is 0 Å². The predicted octanol–water partition coefficient (Wildman–Crippen LogP) is 20.2. The summed E-state index contributed by atoms with van der Waals surface area (Å²) in [6, 6.07) is 64.3. The number of unbranched alkanes of at least 4 members (excludes halogenated alkanes) is 12. The molecule has 6 heteroatoms. The summed E-state index contributed by atoms with van der Waals surface area (Å²) in [7, 11) is 27.5. The Morgan fingerprint density at radius 3 is 0.545 bits per heavy atom. The lowest BCUT2D eigenvalue weighted by atomic mass is 10.0. The molecule has 88 heavy (non-hydrogen) atoms. The molecule has 0 atom stereocenters. The number of anilines is 6. The van der Waals surface area contributed by atoms with Gasteiger partial charge < -0.3 is 27.7 Å². The maximum atomic E-state index is 2.42. The predicted molar refractivity (Wildman–Crippen MR) is 387 cm³/mol. The van der Waals surface area contributed by atoms with Crippen LogP contribution in [0.4, 0.5) is 34.1 Å². The van der Waals surface area contributed by atoms with Crippen LogP contribution >= 0.6 is 0 Å². The van der Waals surface area contributed by atoms with E-state index in [1.54, 1.807) is 0 Å². The van der Waals surface area contributed by atoms with Crippen LogP contribution in [0.25, 0.3) is 24.3 Å². The molecule has 7 aromatic rings. The third-order valence-electron chi connectivity index (χ3n) is 17.1. The van der Waals surface area contributed by atoms with E-state index in [4.69, 9.17) is 0 Å². The van der Waals surface area contributed by atoms with Gasteiger partial charge in [0.15, 0.2) is 0 Å². The van der Waals surface area contributed by atoms with E-state index in [0.29, 0.717) is 0 Å². The first-order valence-corrected chi connectivity index (χ1v) is 34.0. The molecule has 0 aromatic heterocycles. The summed E-state index contributed by atoms with van der Waals surface area (Å²) in [4.78, 5) is 4.83. The van der Waals surface area contributed by atoms with E-state index < -0.39 is 0 Å². The van der Waals surface area contributed by atoms with Crippen molar-refractivity contribution in [2.24, 2.45) is 0 Å². The van der Waals surface area contributed by atoms with Gasteiger partial charge in [0.25, 0.3) is 0 Å². The Morgan fingerprint density at radius 2 is 0.364 bits per heavy atom. The van der Waals surface area contributed by atoms with Crippen LogP contribution in [0.3, 0.4) is 0 Å². The van der Waals surface area contributed by atoms with Gasteiger partial charge in [0, 0.05) is 34.1 Å². The Morgan fingerprint density at radius 1 is 0.205 bits per heavy atom. The van der Waals surface area contributed by atoms with Crippen molar-refractivity contribution in [3.63, 3.8) is 0 Å². The third kappa shape index (κ3) is 25.9. The Kier molecular flexibility index (Phi) is 27.0. The highest BCUT2D eigenvalue weighted by Gasteiger charge is 2.16. The van der Waals surface area contributed by atoms with Crippen molar-refractivity contribution in [3.8, 4) is 0 Å². The van der Waals surface area contributed by atoms with Crippen LogP contribution in [0.1, 0.15) is 147 Å². The second-order valence-electron chi connectivity index (χ2n) is 29.6. The van der Waals surface area contributed by atoms with Crippen molar-refractivity contribution in [3.05, 3.63) is 214 Å². The summed E-state index contributed by atoms with van der Waals surface area (Å²) in [5, 5.41) is 0. The second-order valence-corrected chi connectivity index (χ2v) is 29.6. The number of rotatable bonds is 38. The van der Waals surface area contributed by atoms with Crippen LogP contribution in [0, 0.1) is 0 Å². The highest BCUT2D eigenvalue weighted by atomic mass is 15.3. The largest absolute Gasteiger partial charge is 0.331 e. The molecule has 7 rings (SSSR count).